The normalized spacial score (nSPS) is 10.8. The van der Waals surface area contributed by atoms with E-state index in [2.05, 4.69) is 0 Å². The van der Waals surface area contributed by atoms with Gasteiger partial charge in [-0.2, -0.15) is 0 Å². The third kappa shape index (κ3) is 3.73. The van der Waals surface area contributed by atoms with E-state index < -0.39 is 0 Å². The fraction of sp³-hybridized carbons (Fsp3) is 0.235. The van der Waals surface area contributed by atoms with Gasteiger partial charge in [0.1, 0.15) is 17.9 Å². The van der Waals surface area contributed by atoms with Crippen molar-refractivity contribution in [3.05, 3.63) is 71.3 Å². The number of carbonyl (C=O) groups is 1. The molecule has 0 spiro atoms. The number of benzene rings is 2. The summed E-state index contributed by atoms with van der Waals surface area (Å²) in [6, 6.07) is 12.7. The average molecular weight is 274 g/mol. The van der Waals surface area contributed by atoms with Crippen molar-refractivity contribution in [2.24, 2.45) is 0 Å². The fourth-order valence-corrected chi connectivity index (χ4v) is 2.32. The van der Waals surface area contributed by atoms with Crippen LogP contribution in [-0.4, -0.2) is 6.29 Å². The number of hydrogen-bond acceptors (Lipinski definition) is 1. The zero-order valence-corrected chi connectivity index (χ0v) is 11.1. The fourth-order valence-electron chi connectivity index (χ4n) is 2.32. The van der Waals surface area contributed by atoms with E-state index in [0.717, 1.165) is 30.3 Å². The molecule has 0 aliphatic rings. The summed E-state index contributed by atoms with van der Waals surface area (Å²) in [6.07, 6.45) is 2.92. The minimum atomic E-state index is -0.278. The minimum absolute atomic E-state index is 0.0520. The van der Waals surface area contributed by atoms with Gasteiger partial charge in [-0.25, -0.2) is 8.78 Å². The Kier molecular flexibility index (Phi) is 4.99. The van der Waals surface area contributed by atoms with E-state index in [1.165, 1.54) is 24.3 Å². The summed E-state index contributed by atoms with van der Waals surface area (Å²) in [5.41, 5.74) is 1.95. The molecular formula is C17H16F2O. The Morgan fingerprint density at radius 2 is 1.30 bits per heavy atom. The van der Waals surface area contributed by atoms with E-state index >= 15 is 0 Å². The summed E-state index contributed by atoms with van der Waals surface area (Å²) >= 11 is 0. The van der Waals surface area contributed by atoms with E-state index in [1.807, 2.05) is 0 Å². The zero-order chi connectivity index (χ0) is 14.4. The maximum absolute atomic E-state index is 13.0. The van der Waals surface area contributed by atoms with Crippen LogP contribution >= 0.6 is 0 Å². The molecule has 2 aromatic rings. The Hall–Kier alpha value is -2.03. The summed E-state index contributed by atoms with van der Waals surface area (Å²) in [5, 5.41) is 0. The summed E-state index contributed by atoms with van der Waals surface area (Å²) in [6.45, 7) is 0. The highest BCUT2D eigenvalue weighted by molar-refractivity contribution is 5.49. The minimum Gasteiger partial charge on any atom is -0.303 e. The van der Waals surface area contributed by atoms with Crippen molar-refractivity contribution in [2.45, 2.75) is 25.2 Å². The molecule has 3 heteroatoms. The van der Waals surface area contributed by atoms with E-state index in [-0.39, 0.29) is 17.6 Å². The van der Waals surface area contributed by atoms with Crippen LogP contribution in [0.2, 0.25) is 0 Å². The van der Waals surface area contributed by atoms with Gasteiger partial charge in [-0.05, 0) is 48.2 Å². The van der Waals surface area contributed by atoms with Crippen molar-refractivity contribution >= 4 is 6.29 Å². The van der Waals surface area contributed by atoms with Crippen LogP contribution in [0.25, 0.3) is 0 Å². The first-order valence-corrected chi connectivity index (χ1v) is 6.65. The predicted octanol–water partition coefficient (Wildman–Crippen LogP) is 4.47. The van der Waals surface area contributed by atoms with Crippen LogP contribution in [0.4, 0.5) is 8.78 Å². The Morgan fingerprint density at radius 3 is 1.70 bits per heavy atom. The van der Waals surface area contributed by atoms with Gasteiger partial charge in [0.05, 0.1) is 0 Å². The Labute approximate surface area is 117 Å². The molecule has 0 amide bonds. The molecule has 20 heavy (non-hydrogen) atoms. The molecule has 0 bridgehead atoms. The topological polar surface area (TPSA) is 17.1 Å². The number of carbonyl (C=O) groups excluding carboxylic acids is 1. The van der Waals surface area contributed by atoms with Crippen LogP contribution in [0.5, 0.6) is 0 Å². The molecular weight excluding hydrogens is 258 g/mol. The van der Waals surface area contributed by atoms with Crippen molar-refractivity contribution in [1.82, 2.24) is 0 Å². The van der Waals surface area contributed by atoms with Crippen molar-refractivity contribution in [3.8, 4) is 0 Å². The Morgan fingerprint density at radius 1 is 0.850 bits per heavy atom. The van der Waals surface area contributed by atoms with Gasteiger partial charge in [0.25, 0.3) is 0 Å². The molecule has 0 N–H and O–H groups in total. The molecule has 2 aromatic carbocycles. The summed E-state index contributed by atoms with van der Waals surface area (Å²) in [7, 11) is 0. The average Bonchev–Trinajstić information content (AvgIpc) is 2.46. The highest BCUT2D eigenvalue weighted by atomic mass is 19.1. The number of hydrogen-bond donors (Lipinski definition) is 0. The molecule has 0 saturated heterocycles. The lowest BCUT2D eigenvalue weighted by Crippen LogP contribution is -2.02. The highest BCUT2D eigenvalue weighted by Crippen LogP contribution is 2.29. The number of unbranched alkanes of at least 4 members (excludes halogenated alkanes) is 1. The monoisotopic (exact) mass is 274 g/mol. The molecule has 2 rings (SSSR count). The first-order valence-electron chi connectivity index (χ1n) is 6.65. The molecule has 0 unspecified atom stereocenters. The standard InChI is InChI=1S/C17H16F2O/c18-15-8-4-13(5-9-15)17(3-1-2-12-20)14-6-10-16(19)11-7-14/h4-12,17H,1-3H2. The van der Waals surface area contributed by atoms with Crippen LogP contribution in [-0.2, 0) is 4.79 Å². The molecule has 0 heterocycles. The summed E-state index contributed by atoms with van der Waals surface area (Å²) in [5.74, 6) is -0.504. The molecule has 104 valence electrons. The van der Waals surface area contributed by atoms with E-state index in [1.54, 1.807) is 24.3 Å². The van der Waals surface area contributed by atoms with E-state index in [9.17, 15) is 13.6 Å². The van der Waals surface area contributed by atoms with Gasteiger partial charge in [0.2, 0.25) is 0 Å². The van der Waals surface area contributed by atoms with Crippen molar-refractivity contribution < 1.29 is 13.6 Å². The van der Waals surface area contributed by atoms with Crippen molar-refractivity contribution in [2.75, 3.05) is 0 Å². The molecule has 0 radical (unpaired) electrons. The smallest absolute Gasteiger partial charge is 0.123 e. The Bertz CT molecular complexity index is 501. The van der Waals surface area contributed by atoms with Gasteiger partial charge in [-0.1, -0.05) is 24.3 Å². The molecule has 0 atom stereocenters. The second kappa shape index (κ2) is 6.94. The highest BCUT2D eigenvalue weighted by Gasteiger charge is 2.14. The molecule has 0 aliphatic heterocycles. The largest absolute Gasteiger partial charge is 0.303 e. The predicted molar refractivity (Wildman–Crippen MR) is 74.6 cm³/mol. The van der Waals surface area contributed by atoms with Gasteiger partial charge in [0.15, 0.2) is 0 Å². The maximum Gasteiger partial charge on any atom is 0.123 e. The van der Waals surface area contributed by atoms with Gasteiger partial charge in [-0.3, -0.25) is 0 Å². The molecule has 0 aliphatic carbocycles. The third-order valence-electron chi connectivity index (χ3n) is 3.36. The SMILES string of the molecule is O=CCCCC(c1ccc(F)cc1)c1ccc(F)cc1. The number of aldehydes is 1. The van der Waals surface area contributed by atoms with Gasteiger partial charge in [0, 0.05) is 12.3 Å². The lowest BCUT2D eigenvalue weighted by atomic mass is 9.87. The lowest BCUT2D eigenvalue weighted by molar-refractivity contribution is -0.107. The molecule has 0 aromatic heterocycles. The lowest BCUT2D eigenvalue weighted by Gasteiger charge is -2.17. The van der Waals surface area contributed by atoms with E-state index in [4.69, 9.17) is 0 Å². The van der Waals surface area contributed by atoms with E-state index in [0.29, 0.717) is 6.42 Å². The van der Waals surface area contributed by atoms with Crippen LogP contribution in [0, 0.1) is 11.6 Å². The van der Waals surface area contributed by atoms with Crippen molar-refractivity contribution in [3.63, 3.8) is 0 Å². The zero-order valence-electron chi connectivity index (χ0n) is 11.1. The molecule has 0 fully saturated rings. The molecule has 1 nitrogen and oxygen atoms in total. The second-order valence-electron chi connectivity index (χ2n) is 4.75. The molecule has 0 saturated carbocycles. The second-order valence-corrected chi connectivity index (χ2v) is 4.75. The third-order valence-corrected chi connectivity index (χ3v) is 3.36. The van der Waals surface area contributed by atoms with Gasteiger partial charge in [-0.15, -0.1) is 0 Å². The Balaban J connectivity index is 2.25. The quantitative estimate of drug-likeness (QED) is 0.561. The van der Waals surface area contributed by atoms with Crippen LogP contribution < -0.4 is 0 Å². The van der Waals surface area contributed by atoms with Gasteiger partial charge >= 0.3 is 0 Å². The summed E-state index contributed by atoms with van der Waals surface area (Å²) < 4.78 is 26.0. The first kappa shape index (κ1) is 14.4. The summed E-state index contributed by atoms with van der Waals surface area (Å²) in [4.78, 5) is 10.4. The number of rotatable bonds is 6. The van der Waals surface area contributed by atoms with Crippen LogP contribution in [0.1, 0.15) is 36.3 Å². The number of halogens is 2. The van der Waals surface area contributed by atoms with Crippen LogP contribution in [0.15, 0.2) is 48.5 Å². The maximum atomic E-state index is 13.0. The first-order chi connectivity index (χ1) is 9.70. The van der Waals surface area contributed by atoms with Gasteiger partial charge < -0.3 is 4.79 Å². The van der Waals surface area contributed by atoms with Crippen LogP contribution in [0.3, 0.4) is 0 Å². The van der Waals surface area contributed by atoms with Crippen molar-refractivity contribution in [1.29, 1.82) is 0 Å².